The number of pyridine rings is 1. The van der Waals surface area contributed by atoms with Crippen LogP contribution >= 0.6 is 0 Å². The van der Waals surface area contributed by atoms with Crippen molar-refractivity contribution in [1.29, 1.82) is 0 Å². The van der Waals surface area contributed by atoms with E-state index >= 15 is 0 Å². The zero-order chi connectivity index (χ0) is 29.5. The summed E-state index contributed by atoms with van der Waals surface area (Å²) in [7, 11) is 0. The van der Waals surface area contributed by atoms with Gasteiger partial charge in [-0.25, -0.2) is 4.98 Å². The first-order valence-corrected chi connectivity index (χ1v) is 16.2. The number of nitrogens with zero attached hydrogens (tertiary/aromatic N) is 4. The molecule has 0 radical (unpaired) electrons. The summed E-state index contributed by atoms with van der Waals surface area (Å²) in [5.74, 6) is 2.08. The van der Waals surface area contributed by atoms with E-state index in [1.807, 2.05) is 0 Å². The second-order valence-electron chi connectivity index (χ2n) is 12.7. The normalized spacial score (nSPS) is 19.2. The molecular formula is C41H32N4. The van der Waals surface area contributed by atoms with Crippen LogP contribution in [0.3, 0.4) is 0 Å². The van der Waals surface area contributed by atoms with E-state index in [9.17, 15) is 0 Å². The van der Waals surface area contributed by atoms with E-state index in [1.165, 1.54) is 55.3 Å². The standard InChI is InChI=1S/C41H32N4/c1-2-11-29-27(10-1)19-21-35-39(29)32-13-4-6-15-34(32)41(35)33-14-5-3-12-30(33)31-20-18-28(26-36(31)41)37-16-7-17-38(43-37)45-25-9-24-44-23-8-22-42-40(44)45/h1-7,10-21,26H,8-9,22-25H2. The Labute approximate surface area is 263 Å². The average molecular weight is 581 g/mol. The van der Waals surface area contributed by atoms with Gasteiger partial charge in [0, 0.05) is 31.7 Å². The van der Waals surface area contributed by atoms with Crippen molar-refractivity contribution < 1.29 is 0 Å². The fourth-order valence-corrected chi connectivity index (χ4v) is 8.65. The first-order chi connectivity index (χ1) is 22.3. The fourth-order valence-electron chi connectivity index (χ4n) is 8.65. The molecule has 2 aliphatic carbocycles. The second-order valence-corrected chi connectivity index (χ2v) is 12.7. The van der Waals surface area contributed by atoms with Gasteiger partial charge >= 0.3 is 0 Å². The van der Waals surface area contributed by atoms with Gasteiger partial charge in [-0.15, -0.1) is 0 Å². The van der Waals surface area contributed by atoms with Gasteiger partial charge in [-0.2, -0.15) is 0 Å². The Kier molecular flexibility index (Phi) is 5.25. The molecule has 4 heteroatoms. The lowest BCUT2D eigenvalue weighted by atomic mass is 9.70. The molecule has 1 unspecified atom stereocenters. The molecule has 0 amide bonds. The van der Waals surface area contributed by atoms with Crippen LogP contribution in [0, 0.1) is 0 Å². The van der Waals surface area contributed by atoms with Crippen molar-refractivity contribution in [3.63, 3.8) is 0 Å². The molecule has 45 heavy (non-hydrogen) atoms. The first-order valence-electron chi connectivity index (χ1n) is 16.2. The Morgan fingerprint density at radius 3 is 2.29 bits per heavy atom. The van der Waals surface area contributed by atoms with Gasteiger partial charge < -0.3 is 4.90 Å². The zero-order valence-corrected chi connectivity index (χ0v) is 25.1. The average Bonchev–Trinajstić information content (AvgIpc) is 3.59. The van der Waals surface area contributed by atoms with Crippen molar-refractivity contribution in [3.05, 3.63) is 144 Å². The summed E-state index contributed by atoms with van der Waals surface area (Å²) in [6.07, 6.45) is 2.25. The zero-order valence-electron chi connectivity index (χ0n) is 25.1. The lowest BCUT2D eigenvalue weighted by Crippen LogP contribution is -2.52. The fraction of sp³-hybridized carbons (Fsp3) is 0.171. The molecule has 1 spiro atoms. The van der Waals surface area contributed by atoms with Crippen LogP contribution in [-0.4, -0.2) is 42.0 Å². The molecule has 0 N–H and O–H groups in total. The molecule has 4 aliphatic rings. The van der Waals surface area contributed by atoms with Crippen LogP contribution in [0.2, 0.25) is 0 Å². The molecule has 0 saturated carbocycles. The SMILES string of the molecule is c1cc(-c2ccc3c(c2)C2(c4ccccc4-3)c3ccccc3-c3c2ccc2ccccc32)nc(N2CCCN3CCCN=C32)c1. The maximum Gasteiger partial charge on any atom is 0.202 e. The number of rotatable bonds is 2. The highest BCUT2D eigenvalue weighted by Gasteiger charge is 2.52. The predicted molar refractivity (Wildman–Crippen MR) is 184 cm³/mol. The van der Waals surface area contributed by atoms with E-state index in [4.69, 9.17) is 9.98 Å². The van der Waals surface area contributed by atoms with E-state index in [-0.39, 0.29) is 5.41 Å². The molecule has 6 aromatic rings. The van der Waals surface area contributed by atoms with Gasteiger partial charge in [0.1, 0.15) is 5.82 Å². The van der Waals surface area contributed by atoms with E-state index in [1.54, 1.807) is 0 Å². The highest BCUT2D eigenvalue weighted by atomic mass is 15.4. The minimum absolute atomic E-state index is 0.389. The molecule has 10 rings (SSSR count). The number of hydrogen-bond acceptors (Lipinski definition) is 4. The predicted octanol–water partition coefficient (Wildman–Crippen LogP) is 8.52. The summed E-state index contributed by atoms with van der Waals surface area (Å²) in [6, 6.07) is 45.1. The molecule has 4 nitrogen and oxygen atoms in total. The number of guanidine groups is 1. The van der Waals surface area contributed by atoms with Gasteiger partial charge in [0.2, 0.25) is 5.96 Å². The number of anilines is 1. The molecule has 1 saturated heterocycles. The minimum Gasteiger partial charge on any atom is -0.342 e. The van der Waals surface area contributed by atoms with Crippen LogP contribution in [0.4, 0.5) is 5.82 Å². The Morgan fingerprint density at radius 1 is 0.578 bits per heavy atom. The number of hydrogen-bond donors (Lipinski definition) is 0. The lowest BCUT2D eigenvalue weighted by molar-refractivity contribution is 0.359. The lowest BCUT2D eigenvalue weighted by Gasteiger charge is -2.40. The van der Waals surface area contributed by atoms with Crippen LogP contribution < -0.4 is 4.90 Å². The summed E-state index contributed by atoms with van der Waals surface area (Å²) < 4.78 is 0. The molecular weight excluding hydrogens is 548 g/mol. The quantitative estimate of drug-likeness (QED) is 0.205. The third kappa shape index (κ3) is 3.37. The summed E-state index contributed by atoms with van der Waals surface area (Å²) >= 11 is 0. The molecule has 1 aromatic heterocycles. The van der Waals surface area contributed by atoms with Crippen molar-refractivity contribution in [2.75, 3.05) is 31.1 Å². The monoisotopic (exact) mass is 580 g/mol. The summed E-state index contributed by atoms with van der Waals surface area (Å²) in [6.45, 7) is 4.02. The summed E-state index contributed by atoms with van der Waals surface area (Å²) in [5.41, 5.74) is 12.5. The smallest absolute Gasteiger partial charge is 0.202 e. The first kappa shape index (κ1) is 25.1. The second kappa shape index (κ2) is 9.39. The Balaban J connectivity index is 1.20. The highest BCUT2D eigenvalue weighted by Crippen LogP contribution is 2.64. The van der Waals surface area contributed by atoms with Gasteiger partial charge in [0.15, 0.2) is 0 Å². The Hall–Kier alpha value is -5.22. The maximum absolute atomic E-state index is 5.30. The van der Waals surface area contributed by atoms with Crippen LogP contribution in [-0.2, 0) is 5.41 Å². The van der Waals surface area contributed by atoms with Gasteiger partial charge in [-0.05, 0) is 86.3 Å². The minimum atomic E-state index is -0.389. The third-order valence-electron chi connectivity index (χ3n) is 10.5. The molecule has 3 heterocycles. The number of aromatic nitrogens is 1. The Bertz CT molecular complexity index is 2210. The van der Waals surface area contributed by atoms with Crippen LogP contribution in [0.15, 0.2) is 126 Å². The Morgan fingerprint density at radius 2 is 1.36 bits per heavy atom. The van der Waals surface area contributed by atoms with Gasteiger partial charge in [0.05, 0.1) is 11.1 Å². The highest BCUT2D eigenvalue weighted by molar-refractivity contribution is 6.06. The van der Waals surface area contributed by atoms with Gasteiger partial charge in [-0.3, -0.25) is 9.89 Å². The maximum atomic E-state index is 5.30. The topological polar surface area (TPSA) is 31.7 Å². The van der Waals surface area contributed by atoms with Crippen LogP contribution in [0.5, 0.6) is 0 Å². The van der Waals surface area contributed by atoms with Crippen molar-refractivity contribution in [1.82, 2.24) is 9.88 Å². The summed E-state index contributed by atoms with van der Waals surface area (Å²) in [5, 5.41) is 2.60. The van der Waals surface area contributed by atoms with E-state index in [0.29, 0.717) is 0 Å². The van der Waals surface area contributed by atoms with Crippen molar-refractivity contribution >= 4 is 22.5 Å². The summed E-state index contributed by atoms with van der Waals surface area (Å²) in [4.78, 5) is 15.0. The van der Waals surface area contributed by atoms with Gasteiger partial charge in [-0.1, -0.05) is 103 Å². The van der Waals surface area contributed by atoms with Gasteiger partial charge in [0.25, 0.3) is 0 Å². The third-order valence-corrected chi connectivity index (χ3v) is 10.5. The van der Waals surface area contributed by atoms with E-state index in [0.717, 1.165) is 62.1 Å². The van der Waals surface area contributed by atoms with E-state index < -0.39 is 0 Å². The molecule has 1 atom stereocenters. The molecule has 216 valence electrons. The number of aliphatic imine (C=N–C) groups is 1. The number of fused-ring (bicyclic) bond motifs is 13. The van der Waals surface area contributed by atoms with Crippen molar-refractivity contribution in [2.45, 2.75) is 18.3 Å². The van der Waals surface area contributed by atoms with Crippen LogP contribution in [0.25, 0.3) is 44.3 Å². The van der Waals surface area contributed by atoms with E-state index in [2.05, 4.69) is 131 Å². The molecule has 0 bridgehead atoms. The molecule has 5 aromatic carbocycles. The molecule has 2 aliphatic heterocycles. The molecule has 1 fully saturated rings. The van der Waals surface area contributed by atoms with Crippen LogP contribution in [0.1, 0.15) is 35.1 Å². The van der Waals surface area contributed by atoms with Crippen molar-refractivity contribution in [2.24, 2.45) is 4.99 Å². The largest absolute Gasteiger partial charge is 0.342 e. The van der Waals surface area contributed by atoms with Crippen molar-refractivity contribution in [3.8, 4) is 33.5 Å². The number of benzene rings is 5.